The smallest absolute Gasteiger partial charge is 0.0653 e. The van der Waals surface area contributed by atoms with E-state index in [0.717, 1.165) is 25.1 Å². The number of hydrogen-bond donors (Lipinski definition) is 1. The SMILES string of the molecule is CCCCOCCNc1cc(Cl)c(Cl)cc1Cl. The van der Waals surface area contributed by atoms with Crippen molar-refractivity contribution in [3.05, 3.63) is 27.2 Å². The van der Waals surface area contributed by atoms with Gasteiger partial charge in [0, 0.05) is 13.2 Å². The summed E-state index contributed by atoms with van der Waals surface area (Å²) >= 11 is 17.8. The maximum Gasteiger partial charge on any atom is 0.0653 e. The molecule has 0 saturated carbocycles. The molecule has 1 N–H and O–H groups in total. The molecule has 0 spiro atoms. The molecule has 0 saturated heterocycles. The molecule has 0 heterocycles. The van der Waals surface area contributed by atoms with Crippen molar-refractivity contribution in [1.29, 1.82) is 0 Å². The first-order valence-corrected chi connectivity index (χ1v) is 6.74. The standard InChI is InChI=1S/C12H16Cl3NO/c1-2-3-5-17-6-4-16-12-8-10(14)9(13)7-11(12)15/h7-8,16H,2-6H2,1H3. The molecule has 0 unspecified atom stereocenters. The van der Waals surface area contributed by atoms with E-state index in [0.29, 0.717) is 28.2 Å². The Kier molecular flexibility index (Phi) is 7.05. The van der Waals surface area contributed by atoms with Crippen LogP contribution in [0.1, 0.15) is 19.8 Å². The summed E-state index contributed by atoms with van der Waals surface area (Å²) in [4.78, 5) is 0. The van der Waals surface area contributed by atoms with E-state index in [1.807, 2.05) is 0 Å². The van der Waals surface area contributed by atoms with Crippen molar-refractivity contribution in [3.63, 3.8) is 0 Å². The van der Waals surface area contributed by atoms with Gasteiger partial charge < -0.3 is 10.1 Å². The van der Waals surface area contributed by atoms with Gasteiger partial charge in [-0.05, 0) is 18.6 Å². The van der Waals surface area contributed by atoms with E-state index in [1.165, 1.54) is 0 Å². The highest BCUT2D eigenvalue weighted by molar-refractivity contribution is 6.44. The van der Waals surface area contributed by atoms with Crippen LogP contribution in [0, 0.1) is 0 Å². The van der Waals surface area contributed by atoms with Gasteiger partial charge in [0.2, 0.25) is 0 Å². The van der Waals surface area contributed by atoms with Crippen LogP contribution in [0.2, 0.25) is 15.1 Å². The number of rotatable bonds is 7. The first-order valence-electron chi connectivity index (χ1n) is 5.61. The Morgan fingerprint density at radius 3 is 2.47 bits per heavy atom. The van der Waals surface area contributed by atoms with Gasteiger partial charge in [0.05, 0.1) is 27.4 Å². The minimum absolute atomic E-state index is 0.460. The van der Waals surface area contributed by atoms with E-state index in [9.17, 15) is 0 Å². The summed E-state index contributed by atoms with van der Waals surface area (Å²) in [5.41, 5.74) is 0.778. The van der Waals surface area contributed by atoms with Gasteiger partial charge >= 0.3 is 0 Å². The van der Waals surface area contributed by atoms with Crippen LogP contribution in [0.5, 0.6) is 0 Å². The summed E-state index contributed by atoms with van der Waals surface area (Å²) in [6.07, 6.45) is 2.24. The lowest BCUT2D eigenvalue weighted by Gasteiger charge is -2.10. The third kappa shape index (κ3) is 5.35. The Morgan fingerprint density at radius 1 is 1.06 bits per heavy atom. The van der Waals surface area contributed by atoms with Gasteiger partial charge in [0.1, 0.15) is 0 Å². The number of halogens is 3. The van der Waals surface area contributed by atoms with Crippen molar-refractivity contribution >= 4 is 40.5 Å². The molecule has 2 nitrogen and oxygen atoms in total. The molecule has 0 atom stereocenters. The minimum Gasteiger partial charge on any atom is -0.381 e. The molecule has 5 heteroatoms. The van der Waals surface area contributed by atoms with Crippen LogP contribution >= 0.6 is 34.8 Å². The number of anilines is 1. The minimum atomic E-state index is 0.460. The van der Waals surface area contributed by atoms with E-state index in [-0.39, 0.29) is 0 Å². The Balaban J connectivity index is 2.34. The Hall–Kier alpha value is -0.150. The maximum atomic E-state index is 6.02. The van der Waals surface area contributed by atoms with Crippen LogP contribution in [-0.4, -0.2) is 19.8 Å². The van der Waals surface area contributed by atoms with Crippen LogP contribution in [0.3, 0.4) is 0 Å². The second-order valence-electron chi connectivity index (χ2n) is 3.64. The molecular formula is C12H16Cl3NO. The third-order valence-corrected chi connectivity index (χ3v) is 3.25. The van der Waals surface area contributed by atoms with E-state index in [2.05, 4.69) is 12.2 Å². The van der Waals surface area contributed by atoms with Crippen LogP contribution in [0.4, 0.5) is 5.69 Å². The average molecular weight is 297 g/mol. The van der Waals surface area contributed by atoms with Crippen molar-refractivity contribution < 1.29 is 4.74 Å². The fourth-order valence-electron chi connectivity index (χ4n) is 1.26. The summed E-state index contributed by atoms with van der Waals surface area (Å²) in [5, 5.41) is 4.67. The predicted molar refractivity (Wildman–Crippen MR) is 75.7 cm³/mol. The number of hydrogen-bond acceptors (Lipinski definition) is 2. The van der Waals surface area contributed by atoms with Gasteiger partial charge in [0.25, 0.3) is 0 Å². The largest absolute Gasteiger partial charge is 0.381 e. The van der Waals surface area contributed by atoms with Gasteiger partial charge in [-0.15, -0.1) is 0 Å². The lowest BCUT2D eigenvalue weighted by Crippen LogP contribution is -2.10. The second-order valence-corrected chi connectivity index (χ2v) is 4.86. The van der Waals surface area contributed by atoms with Crippen molar-refractivity contribution in [2.24, 2.45) is 0 Å². The quantitative estimate of drug-likeness (QED) is 0.572. The molecule has 0 aliphatic rings. The number of nitrogens with one attached hydrogen (secondary N) is 1. The fourth-order valence-corrected chi connectivity index (χ4v) is 1.88. The van der Waals surface area contributed by atoms with Crippen molar-refractivity contribution in [2.45, 2.75) is 19.8 Å². The molecule has 0 bridgehead atoms. The highest BCUT2D eigenvalue weighted by Crippen LogP contribution is 2.31. The first-order chi connectivity index (χ1) is 8.15. The molecule has 96 valence electrons. The maximum absolute atomic E-state index is 6.02. The molecule has 0 aromatic heterocycles. The summed E-state index contributed by atoms with van der Waals surface area (Å²) in [5.74, 6) is 0. The van der Waals surface area contributed by atoms with Gasteiger partial charge in [-0.25, -0.2) is 0 Å². The highest BCUT2D eigenvalue weighted by atomic mass is 35.5. The zero-order valence-electron chi connectivity index (χ0n) is 9.73. The summed E-state index contributed by atoms with van der Waals surface area (Å²) in [6.45, 7) is 4.28. The zero-order chi connectivity index (χ0) is 12.7. The van der Waals surface area contributed by atoms with Gasteiger partial charge in [-0.2, -0.15) is 0 Å². The van der Waals surface area contributed by atoms with Gasteiger partial charge in [-0.3, -0.25) is 0 Å². The van der Waals surface area contributed by atoms with Crippen molar-refractivity contribution in [3.8, 4) is 0 Å². The lowest BCUT2D eigenvalue weighted by molar-refractivity contribution is 0.141. The van der Waals surface area contributed by atoms with Gasteiger partial charge in [0.15, 0.2) is 0 Å². The predicted octanol–water partition coefficient (Wildman–Crippen LogP) is 4.88. The number of ether oxygens (including phenoxy) is 1. The molecule has 0 fully saturated rings. The zero-order valence-corrected chi connectivity index (χ0v) is 12.0. The molecular weight excluding hydrogens is 280 g/mol. The monoisotopic (exact) mass is 295 g/mol. The van der Waals surface area contributed by atoms with Crippen molar-refractivity contribution in [2.75, 3.05) is 25.1 Å². The van der Waals surface area contributed by atoms with Crippen LogP contribution in [0.15, 0.2) is 12.1 Å². The average Bonchev–Trinajstić information content (AvgIpc) is 2.30. The Labute approximate surface area is 117 Å². The van der Waals surface area contributed by atoms with Crippen LogP contribution in [-0.2, 0) is 4.74 Å². The van der Waals surface area contributed by atoms with E-state index in [4.69, 9.17) is 39.5 Å². The van der Waals surface area contributed by atoms with Crippen LogP contribution in [0.25, 0.3) is 0 Å². The number of benzene rings is 1. The van der Waals surface area contributed by atoms with E-state index in [1.54, 1.807) is 12.1 Å². The highest BCUT2D eigenvalue weighted by Gasteiger charge is 2.05. The first kappa shape index (κ1) is 14.9. The topological polar surface area (TPSA) is 21.3 Å². The number of unbranched alkanes of at least 4 members (excludes halogenated alkanes) is 1. The normalized spacial score (nSPS) is 10.6. The second kappa shape index (κ2) is 8.04. The van der Waals surface area contributed by atoms with E-state index >= 15 is 0 Å². The Morgan fingerprint density at radius 2 is 1.76 bits per heavy atom. The Bertz CT molecular complexity index is 358. The van der Waals surface area contributed by atoms with Crippen molar-refractivity contribution in [1.82, 2.24) is 0 Å². The molecule has 0 radical (unpaired) electrons. The lowest BCUT2D eigenvalue weighted by atomic mass is 10.3. The fraction of sp³-hybridized carbons (Fsp3) is 0.500. The molecule has 1 aromatic carbocycles. The molecule has 0 aliphatic carbocycles. The molecule has 0 aliphatic heterocycles. The van der Waals surface area contributed by atoms with Gasteiger partial charge in [-0.1, -0.05) is 48.1 Å². The van der Waals surface area contributed by atoms with E-state index < -0.39 is 0 Å². The summed E-state index contributed by atoms with van der Waals surface area (Å²) in [7, 11) is 0. The summed E-state index contributed by atoms with van der Waals surface area (Å²) in [6, 6.07) is 3.35. The van der Waals surface area contributed by atoms with Crippen LogP contribution < -0.4 is 5.32 Å². The molecule has 1 rings (SSSR count). The molecule has 1 aromatic rings. The molecule has 0 amide bonds. The third-order valence-electron chi connectivity index (χ3n) is 2.21. The summed E-state index contributed by atoms with van der Waals surface area (Å²) < 4.78 is 5.42. The molecule has 17 heavy (non-hydrogen) atoms.